The third-order valence-corrected chi connectivity index (χ3v) is 7.76. The molecule has 0 bridgehead atoms. The Morgan fingerprint density at radius 2 is 2.13 bits per heavy atom. The average molecular weight is 445 g/mol. The number of thiazole rings is 1. The lowest BCUT2D eigenvalue weighted by Gasteiger charge is -2.34. The van der Waals surface area contributed by atoms with Gasteiger partial charge in [-0.1, -0.05) is 25.7 Å². The smallest absolute Gasteiger partial charge is 0.228 e. The van der Waals surface area contributed by atoms with Gasteiger partial charge in [0.25, 0.3) is 0 Å². The van der Waals surface area contributed by atoms with Gasteiger partial charge in [-0.2, -0.15) is 5.10 Å². The molecule has 160 valence electrons. The molecule has 1 fully saturated rings. The molecule has 7 nitrogen and oxygen atoms in total. The predicted octanol–water partition coefficient (Wildman–Crippen LogP) is 4.60. The lowest BCUT2D eigenvalue weighted by molar-refractivity contribution is -0.125. The highest BCUT2D eigenvalue weighted by Gasteiger charge is 2.36. The molecule has 9 heteroatoms. The SMILES string of the molecule is C[Si](C)(C)CCOCn1nccc1NC(=O)[C@H]1C[C@H](Oc2cccc3scnc23)C1. The Morgan fingerprint density at radius 1 is 1.30 bits per heavy atom. The largest absolute Gasteiger partial charge is 0.488 e. The van der Waals surface area contributed by atoms with Crippen molar-refractivity contribution < 1.29 is 14.3 Å². The zero-order valence-electron chi connectivity index (χ0n) is 17.6. The Morgan fingerprint density at radius 3 is 2.93 bits per heavy atom. The maximum absolute atomic E-state index is 12.6. The highest BCUT2D eigenvalue weighted by molar-refractivity contribution is 7.16. The summed E-state index contributed by atoms with van der Waals surface area (Å²) in [5.41, 5.74) is 2.72. The van der Waals surface area contributed by atoms with Gasteiger partial charge in [0.1, 0.15) is 29.9 Å². The molecule has 3 aromatic rings. The molecule has 0 atom stereocenters. The molecule has 1 saturated carbocycles. The first-order valence-corrected chi connectivity index (χ1v) is 14.9. The van der Waals surface area contributed by atoms with Crippen LogP contribution in [0.15, 0.2) is 36.0 Å². The Bertz CT molecular complexity index is 1010. The van der Waals surface area contributed by atoms with Crippen LogP contribution in [0.4, 0.5) is 5.82 Å². The number of para-hydroxylation sites is 1. The van der Waals surface area contributed by atoms with Gasteiger partial charge in [-0.15, -0.1) is 11.3 Å². The Hall–Kier alpha value is -2.23. The number of hydrogen-bond donors (Lipinski definition) is 1. The van der Waals surface area contributed by atoms with E-state index in [1.807, 2.05) is 23.7 Å². The number of carbonyl (C=O) groups is 1. The van der Waals surface area contributed by atoms with Gasteiger partial charge in [0, 0.05) is 26.7 Å². The molecule has 4 rings (SSSR count). The summed E-state index contributed by atoms with van der Waals surface area (Å²) in [5.74, 6) is 1.42. The molecule has 0 spiro atoms. The molecule has 1 aliphatic carbocycles. The normalized spacial score (nSPS) is 18.9. The number of benzene rings is 1. The van der Waals surface area contributed by atoms with Crippen molar-refractivity contribution in [3.8, 4) is 5.75 Å². The van der Waals surface area contributed by atoms with Gasteiger partial charge in [-0.3, -0.25) is 4.79 Å². The number of fused-ring (bicyclic) bond motifs is 1. The fraction of sp³-hybridized carbons (Fsp3) is 0.476. The van der Waals surface area contributed by atoms with Gasteiger partial charge < -0.3 is 14.8 Å². The minimum atomic E-state index is -1.12. The summed E-state index contributed by atoms with van der Waals surface area (Å²) < 4.78 is 14.6. The van der Waals surface area contributed by atoms with Crippen LogP contribution in [0.3, 0.4) is 0 Å². The van der Waals surface area contributed by atoms with E-state index in [1.54, 1.807) is 28.3 Å². The van der Waals surface area contributed by atoms with Crippen LogP contribution in [0.1, 0.15) is 12.8 Å². The molecule has 1 aromatic carbocycles. The average Bonchev–Trinajstić information content (AvgIpc) is 3.30. The van der Waals surface area contributed by atoms with Crippen molar-refractivity contribution in [3.63, 3.8) is 0 Å². The third kappa shape index (κ3) is 5.08. The summed E-state index contributed by atoms with van der Waals surface area (Å²) in [6.45, 7) is 8.03. The Balaban J connectivity index is 1.24. The number of hydrogen-bond acceptors (Lipinski definition) is 6. The van der Waals surface area contributed by atoms with Gasteiger partial charge >= 0.3 is 0 Å². The topological polar surface area (TPSA) is 78.3 Å². The van der Waals surface area contributed by atoms with Crippen molar-refractivity contribution in [1.29, 1.82) is 0 Å². The zero-order valence-corrected chi connectivity index (χ0v) is 19.4. The summed E-state index contributed by atoms with van der Waals surface area (Å²) in [5, 5.41) is 7.24. The number of aromatic nitrogens is 3. The summed E-state index contributed by atoms with van der Waals surface area (Å²) in [6.07, 6.45) is 3.13. The van der Waals surface area contributed by atoms with Crippen LogP contribution in [0, 0.1) is 5.92 Å². The molecule has 30 heavy (non-hydrogen) atoms. The summed E-state index contributed by atoms with van der Waals surface area (Å²) >= 11 is 1.60. The first kappa shape index (κ1) is 21.0. The second kappa shape index (κ2) is 8.87. The maximum atomic E-state index is 12.6. The number of nitrogens with one attached hydrogen (secondary N) is 1. The lowest BCUT2D eigenvalue weighted by atomic mass is 9.81. The molecular weight excluding hydrogens is 416 g/mol. The fourth-order valence-corrected chi connectivity index (χ4v) is 4.76. The van der Waals surface area contributed by atoms with Gasteiger partial charge in [0.05, 0.1) is 16.4 Å². The van der Waals surface area contributed by atoms with Gasteiger partial charge in [-0.05, 0) is 31.0 Å². The summed E-state index contributed by atoms with van der Waals surface area (Å²) in [7, 11) is -1.12. The summed E-state index contributed by atoms with van der Waals surface area (Å²) in [4.78, 5) is 17.0. The molecule has 0 saturated heterocycles. The first-order chi connectivity index (χ1) is 14.4. The van der Waals surface area contributed by atoms with Crippen LogP contribution < -0.4 is 10.1 Å². The Kier molecular flexibility index (Phi) is 6.21. The van der Waals surface area contributed by atoms with E-state index in [4.69, 9.17) is 9.47 Å². The standard InChI is InChI=1S/C21H28N4O3SSi/c1-30(2,3)10-9-27-14-25-19(7-8-23-25)24-21(26)15-11-16(12-15)28-17-5-4-6-18-20(17)22-13-29-18/h4-8,13,15-16H,9-12,14H2,1-3H3,(H,24,26)/t15-,16-. The van der Waals surface area contributed by atoms with E-state index in [0.717, 1.165) is 28.6 Å². The molecule has 0 unspecified atom stereocenters. The number of amides is 1. The van der Waals surface area contributed by atoms with E-state index in [9.17, 15) is 4.79 Å². The molecule has 1 amide bonds. The van der Waals surface area contributed by atoms with Crippen LogP contribution >= 0.6 is 11.3 Å². The van der Waals surface area contributed by atoms with Crippen molar-refractivity contribution >= 4 is 41.4 Å². The van der Waals surface area contributed by atoms with E-state index in [-0.39, 0.29) is 17.9 Å². The monoisotopic (exact) mass is 444 g/mol. The van der Waals surface area contributed by atoms with E-state index in [0.29, 0.717) is 25.4 Å². The van der Waals surface area contributed by atoms with Crippen LogP contribution in [0.5, 0.6) is 5.75 Å². The highest BCUT2D eigenvalue weighted by atomic mass is 32.1. The van der Waals surface area contributed by atoms with Crippen LogP contribution in [0.2, 0.25) is 25.7 Å². The van der Waals surface area contributed by atoms with E-state index < -0.39 is 8.07 Å². The fourth-order valence-electron chi connectivity index (χ4n) is 3.31. The Labute approximate surface area is 181 Å². The molecule has 0 aliphatic heterocycles. The number of ether oxygens (including phenoxy) is 2. The quantitative estimate of drug-likeness (QED) is 0.385. The zero-order chi connectivity index (χ0) is 21.1. The highest BCUT2D eigenvalue weighted by Crippen LogP contribution is 2.35. The number of anilines is 1. The second-order valence-electron chi connectivity index (χ2n) is 8.92. The van der Waals surface area contributed by atoms with Crippen molar-refractivity contribution in [2.45, 2.75) is 51.4 Å². The van der Waals surface area contributed by atoms with Gasteiger partial charge in [0.15, 0.2) is 0 Å². The first-order valence-electron chi connectivity index (χ1n) is 10.3. The molecule has 0 radical (unpaired) electrons. The maximum Gasteiger partial charge on any atom is 0.228 e. The van der Waals surface area contributed by atoms with Crippen molar-refractivity contribution in [1.82, 2.24) is 14.8 Å². The van der Waals surface area contributed by atoms with Crippen molar-refractivity contribution in [3.05, 3.63) is 36.0 Å². The molecule has 1 aliphatic rings. The van der Waals surface area contributed by atoms with Gasteiger partial charge in [-0.25, -0.2) is 9.67 Å². The summed E-state index contributed by atoms with van der Waals surface area (Å²) in [6, 6.07) is 8.86. The predicted molar refractivity (Wildman–Crippen MR) is 122 cm³/mol. The minimum absolute atomic E-state index is 0.00515. The molecular formula is C21H28N4O3SSi. The van der Waals surface area contributed by atoms with Crippen LogP contribution in [-0.4, -0.2) is 41.5 Å². The van der Waals surface area contributed by atoms with Crippen LogP contribution in [-0.2, 0) is 16.3 Å². The minimum Gasteiger partial charge on any atom is -0.488 e. The third-order valence-electron chi connectivity index (χ3n) is 5.26. The van der Waals surface area contributed by atoms with Gasteiger partial charge in [0.2, 0.25) is 5.91 Å². The molecule has 2 heterocycles. The van der Waals surface area contributed by atoms with Crippen molar-refractivity contribution in [2.24, 2.45) is 5.92 Å². The number of carbonyl (C=O) groups excluding carboxylic acids is 1. The lowest BCUT2D eigenvalue weighted by Crippen LogP contribution is -2.41. The van der Waals surface area contributed by atoms with E-state index in [1.165, 1.54) is 0 Å². The molecule has 1 N–H and O–H groups in total. The second-order valence-corrected chi connectivity index (χ2v) is 15.4. The van der Waals surface area contributed by atoms with Crippen molar-refractivity contribution in [2.75, 3.05) is 11.9 Å². The van der Waals surface area contributed by atoms with E-state index >= 15 is 0 Å². The van der Waals surface area contributed by atoms with E-state index in [2.05, 4.69) is 35.0 Å². The van der Waals surface area contributed by atoms with Crippen LogP contribution in [0.25, 0.3) is 10.2 Å². The molecule has 2 aromatic heterocycles. The number of rotatable bonds is 9. The number of nitrogens with zero attached hydrogens (tertiary/aromatic N) is 3.